The molecule has 0 bridgehead atoms. The maximum Gasteiger partial charge on any atom is 0.338 e. The van der Waals surface area contributed by atoms with Crippen LogP contribution in [0.5, 0.6) is 0 Å². The number of carbonyl (C=O) groups excluding carboxylic acids is 1. The van der Waals surface area contributed by atoms with Crippen LogP contribution in [0.25, 0.3) is 21.9 Å². The van der Waals surface area contributed by atoms with Crippen molar-refractivity contribution < 1.29 is 13.9 Å². The van der Waals surface area contributed by atoms with Gasteiger partial charge in [-0.25, -0.2) is 9.18 Å². The van der Waals surface area contributed by atoms with Crippen molar-refractivity contribution in [3.05, 3.63) is 72.0 Å². The van der Waals surface area contributed by atoms with Gasteiger partial charge in [-0.2, -0.15) is 0 Å². The van der Waals surface area contributed by atoms with Crippen molar-refractivity contribution in [3.63, 3.8) is 0 Å². The lowest BCUT2D eigenvalue weighted by Crippen LogP contribution is -2.04. The molecule has 104 valence electrons. The lowest BCUT2D eigenvalue weighted by Gasteiger charge is -2.11. The first-order chi connectivity index (χ1) is 10.2. The van der Waals surface area contributed by atoms with Gasteiger partial charge in [0.2, 0.25) is 0 Å². The van der Waals surface area contributed by atoms with Crippen LogP contribution >= 0.6 is 0 Å². The number of fused-ring (bicyclic) bond motifs is 1. The molecule has 0 aliphatic heterocycles. The van der Waals surface area contributed by atoms with E-state index in [1.807, 2.05) is 42.5 Å². The summed E-state index contributed by atoms with van der Waals surface area (Å²) in [4.78, 5) is 11.9. The smallest absolute Gasteiger partial charge is 0.338 e. The number of esters is 1. The van der Waals surface area contributed by atoms with E-state index in [1.165, 1.54) is 19.2 Å². The van der Waals surface area contributed by atoms with Crippen molar-refractivity contribution in [2.75, 3.05) is 7.11 Å². The summed E-state index contributed by atoms with van der Waals surface area (Å²) in [6.07, 6.45) is 0. The van der Waals surface area contributed by atoms with E-state index in [2.05, 4.69) is 0 Å². The number of hydrogen-bond acceptors (Lipinski definition) is 2. The van der Waals surface area contributed by atoms with Crippen molar-refractivity contribution in [2.24, 2.45) is 0 Å². The van der Waals surface area contributed by atoms with Gasteiger partial charge >= 0.3 is 5.97 Å². The molecule has 0 fully saturated rings. The van der Waals surface area contributed by atoms with Crippen molar-refractivity contribution in [1.29, 1.82) is 0 Å². The highest BCUT2D eigenvalue weighted by atomic mass is 19.1. The van der Waals surface area contributed by atoms with Gasteiger partial charge in [-0.05, 0) is 34.0 Å². The first-order valence-corrected chi connectivity index (χ1v) is 6.56. The van der Waals surface area contributed by atoms with Gasteiger partial charge in [-0.3, -0.25) is 0 Å². The maximum absolute atomic E-state index is 13.5. The second kappa shape index (κ2) is 5.37. The Kier molecular flexibility index (Phi) is 3.40. The Bertz CT molecular complexity index is 819. The van der Waals surface area contributed by atoms with Crippen LogP contribution < -0.4 is 0 Å². The van der Waals surface area contributed by atoms with Crippen LogP contribution in [0.3, 0.4) is 0 Å². The highest BCUT2D eigenvalue weighted by Crippen LogP contribution is 2.31. The summed E-state index contributed by atoms with van der Waals surface area (Å²) in [6, 6.07) is 17.9. The molecule has 0 aliphatic carbocycles. The zero-order valence-corrected chi connectivity index (χ0v) is 11.5. The molecule has 0 radical (unpaired) electrons. The van der Waals surface area contributed by atoms with Crippen LogP contribution in [0.4, 0.5) is 4.39 Å². The number of halogens is 1. The van der Waals surface area contributed by atoms with Crippen molar-refractivity contribution in [3.8, 4) is 11.1 Å². The fraction of sp³-hybridized carbons (Fsp3) is 0.0556. The van der Waals surface area contributed by atoms with Crippen molar-refractivity contribution >= 4 is 16.7 Å². The predicted molar refractivity (Wildman–Crippen MR) is 80.7 cm³/mol. The van der Waals surface area contributed by atoms with E-state index in [-0.39, 0.29) is 5.56 Å². The summed E-state index contributed by atoms with van der Waals surface area (Å²) in [5.74, 6) is -1.00. The summed E-state index contributed by atoms with van der Waals surface area (Å²) in [5, 5.41) is 2.08. The Morgan fingerprint density at radius 3 is 2.52 bits per heavy atom. The van der Waals surface area contributed by atoms with E-state index < -0.39 is 11.8 Å². The Morgan fingerprint density at radius 1 is 0.952 bits per heavy atom. The van der Waals surface area contributed by atoms with E-state index in [1.54, 1.807) is 6.07 Å². The second-order valence-corrected chi connectivity index (χ2v) is 4.71. The summed E-state index contributed by atoms with van der Waals surface area (Å²) < 4.78 is 18.2. The minimum atomic E-state index is -0.544. The summed E-state index contributed by atoms with van der Waals surface area (Å²) >= 11 is 0. The topological polar surface area (TPSA) is 26.3 Å². The molecule has 21 heavy (non-hydrogen) atoms. The largest absolute Gasteiger partial charge is 0.465 e. The molecule has 0 aromatic heterocycles. The quantitative estimate of drug-likeness (QED) is 0.649. The third-order valence-electron chi connectivity index (χ3n) is 3.47. The Morgan fingerprint density at radius 2 is 1.71 bits per heavy atom. The summed E-state index contributed by atoms with van der Waals surface area (Å²) in [7, 11) is 1.29. The SMILES string of the molecule is COC(=O)c1cc(F)ccc1-c1cccc2ccccc12. The normalized spacial score (nSPS) is 10.6. The van der Waals surface area contributed by atoms with Gasteiger partial charge < -0.3 is 4.74 Å². The Balaban J connectivity index is 2.31. The van der Waals surface area contributed by atoms with Crippen LogP contribution in [0.15, 0.2) is 60.7 Å². The monoisotopic (exact) mass is 280 g/mol. The lowest BCUT2D eigenvalue weighted by atomic mass is 9.94. The zero-order chi connectivity index (χ0) is 14.8. The molecule has 0 N–H and O–H groups in total. The van der Waals surface area contributed by atoms with Crippen LogP contribution in [-0.2, 0) is 4.74 Å². The van der Waals surface area contributed by atoms with Gasteiger partial charge in [0.1, 0.15) is 5.82 Å². The molecule has 3 rings (SSSR count). The lowest BCUT2D eigenvalue weighted by molar-refractivity contribution is 0.0601. The van der Waals surface area contributed by atoms with Crippen LogP contribution in [0.2, 0.25) is 0 Å². The molecule has 3 aromatic carbocycles. The van der Waals surface area contributed by atoms with Gasteiger partial charge in [0.15, 0.2) is 0 Å². The van der Waals surface area contributed by atoms with Crippen molar-refractivity contribution in [1.82, 2.24) is 0 Å². The second-order valence-electron chi connectivity index (χ2n) is 4.71. The highest BCUT2D eigenvalue weighted by Gasteiger charge is 2.15. The van der Waals surface area contributed by atoms with Crippen LogP contribution in [0, 0.1) is 5.82 Å². The molecule has 0 saturated heterocycles. The molecule has 0 atom stereocenters. The Labute approximate surface area is 121 Å². The van der Waals surface area contributed by atoms with Crippen molar-refractivity contribution in [2.45, 2.75) is 0 Å². The molecule has 0 saturated carbocycles. The highest BCUT2D eigenvalue weighted by molar-refractivity contribution is 6.04. The minimum absolute atomic E-state index is 0.230. The van der Waals surface area contributed by atoms with Gasteiger partial charge in [0, 0.05) is 0 Å². The number of rotatable bonds is 2. The summed E-state index contributed by atoms with van der Waals surface area (Å²) in [5.41, 5.74) is 1.78. The average molecular weight is 280 g/mol. The number of hydrogen-bond donors (Lipinski definition) is 0. The molecule has 0 unspecified atom stereocenters. The number of carbonyl (C=O) groups is 1. The minimum Gasteiger partial charge on any atom is -0.465 e. The standard InChI is InChI=1S/C18H13FO2/c1-21-18(20)17-11-13(19)9-10-16(17)15-8-4-6-12-5-2-3-7-14(12)15/h2-11H,1H3. The van der Waals surface area contributed by atoms with E-state index in [0.29, 0.717) is 5.56 Å². The predicted octanol–water partition coefficient (Wildman–Crippen LogP) is 4.43. The average Bonchev–Trinajstić information content (AvgIpc) is 2.53. The number of methoxy groups -OCH3 is 1. The van der Waals surface area contributed by atoms with Gasteiger partial charge in [-0.1, -0.05) is 48.5 Å². The molecule has 2 nitrogen and oxygen atoms in total. The maximum atomic E-state index is 13.5. The fourth-order valence-electron chi connectivity index (χ4n) is 2.49. The molecule has 3 heteroatoms. The molecule has 0 amide bonds. The van der Waals surface area contributed by atoms with E-state index in [4.69, 9.17) is 4.74 Å². The summed E-state index contributed by atoms with van der Waals surface area (Å²) in [6.45, 7) is 0. The van der Waals surface area contributed by atoms with Gasteiger partial charge in [-0.15, -0.1) is 0 Å². The van der Waals surface area contributed by atoms with Gasteiger partial charge in [0.25, 0.3) is 0 Å². The molecule has 0 spiro atoms. The van der Waals surface area contributed by atoms with Crippen LogP contribution in [-0.4, -0.2) is 13.1 Å². The molecular weight excluding hydrogens is 267 g/mol. The fourth-order valence-corrected chi connectivity index (χ4v) is 2.49. The van der Waals surface area contributed by atoms with E-state index >= 15 is 0 Å². The molecule has 3 aromatic rings. The molecule has 0 aliphatic rings. The first-order valence-electron chi connectivity index (χ1n) is 6.56. The Hall–Kier alpha value is -2.68. The third-order valence-corrected chi connectivity index (χ3v) is 3.47. The third kappa shape index (κ3) is 2.38. The van der Waals surface area contributed by atoms with Gasteiger partial charge in [0.05, 0.1) is 12.7 Å². The molecular formula is C18H13FO2. The first kappa shape index (κ1) is 13.3. The number of benzene rings is 3. The van der Waals surface area contributed by atoms with E-state index in [0.717, 1.165) is 16.3 Å². The molecule has 0 heterocycles. The number of ether oxygens (including phenoxy) is 1. The van der Waals surface area contributed by atoms with Crippen LogP contribution in [0.1, 0.15) is 10.4 Å². The van der Waals surface area contributed by atoms with E-state index in [9.17, 15) is 9.18 Å². The zero-order valence-electron chi connectivity index (χ0n) is 11.5.